The number of aryl methyl sites for hydroxylation is 1. The molecule has 1 saturated heterocycles. The second kappa shape index (κ2) is 7.57. The molecule has 0 radical (unpaired) electrons. The van der Waals surface area contributed by atoms with Crippen LogP contribution in [0.2, 0.25) is 0 Å². The molecule has 4 heterocycles. The van der Waals surface area contributed by atoms with Gasteiger partial charge >= 0.3 is 0 Å². The summed E-state index contributed by atoms with van der Waals surface area (Å²) in [4.78, 5) is 17.7. The summed E-state index contributed by atoms with van der Waals surface area (Å²) in [6.07, 6.45) is 3.35. The molecule has 0 bridgehead atoms. The normalized spacial score (nSPS) is 15.3. The van der Waals surface area contributed by atoms with Crippen molar-refractivity contribution in [3.63, 3.8) is 0 Å². The smallest absolute Gasteiger partial charge is 0.233 e. The molecule has 0 unspecified atom stereocenters. The molecule has 0 spiro atoms. The van der Waals surface area contributed by atoms with E-state index >= 15 is 0 Å². The molecule has 0 N–H and O–H groups in total. The molecular formula is C18H21N7O. The number of hydrogen-bond acceptors (Lipinski definition) is 8. The first-order chi connectivity index (χ1) is 12.8. The Morgan fingerprint density at radius 1 is 1.00 bits per heavy atom. The summed E-state index contributed by atoms with van der Waals surface area (Å²) >= 11 is 0. The van der Waals surface area contributed by atoms with Gasteiger partial charge in [-0.25, -0.2) is 15.0 Å². The van der Waals surface area contributed by atoms with Crippen LogP contribution in [0.4, 0.5) is 5.82 Å². The second-order valence-corrected chi connectivity index (χ2v) is 6.26. The molecule has 0 amide bonds. The maximum absolute atomic E-state index is 5.68. The van der Waals surface area contributed by atoms with E-state index in [2.05, 4.69) is 34.9 Å². The van der Waals surface area contributed by atoms with Crippen molar-refractivity contribution < 1.29 is 4.74 Å². The third-order valence-corrected chi connectivity index (χ3v) is 4.49. The molecule has 1 fully saturated rings. The number of aromatic nitrogens is 5. The number of ether oxygens (including phenoxy) is 1. The lowest BCUT2D eigenvalue weighted by atomic mass is 10.2. The van der Waals surface area contributed by atoms with Crippen LogP contribution in [-0.2, 0) is 0 Å². The average molecular weight is 351 g/mol. The van der Waals surface area contributed by atoms with Crippen molar-refractivity contribution in [3.8, 4) is 5.88 Å². The Kier molecular flexibility index (Phi) is 4.83. The third-order valence-electron chi connectivity index (χ3n) is 4.49. The first-order valence-electron chi connectivity index (χ1n) is 8.76. The Labute approximate surface area is 151 Å². The van der Waals surface area contributed by atoms with E-state index in [1.54, 1.807) is 12.5 Å². The lowest BCUT2D eigenvalue weighted by molar-refractivity contribution is 0.196. The topological polar surface area (TPSA) is 80.2 Å². The highest BCUT2D eigenvalue weighted by molar-refractivity contribution is 5.86. The summed E-state index contributed by atoms with van der Waals surface area (Å²) in [7, 11) is 0. The Morgan fingerprint density at radius 3 is 2.69 bits per heavy atom. The van der Waals surface area contributed by atoms with Crippen LogP contribution in [0.5, 0.6) is 5.88 Å². The zero-order valence-electron chi connectivity index (χ0n) is 14.7. The quantitative estimate of drug-likeness (QED) is 0.681. The molecule has 8 nitrogen and oxygen atoms in total. The fourth-order valence-electron chi connectivity index (χ4n) is 3.06. The molecule has 4 rings (SSSR count). The Balaban J connectivity index is 1.30. The van der Waals surface area contributed by atoms with Gasteiger partial charge in [-0.2, -0.15) is 5.10 Å². The predicted molar refractivity (Wildman–Crippen MR) is 98.3 cm³/mol. The van der Waals surface area contributed by atoms with Crippen LogP contribution in [0, 0.1) is 6.92 Å². The fourth-order valence-corrected chi connectivity index (χ4v) is 3.06. The van der Waals surface area contributed by atoms with Crippen molar-refractivity contribution in [3.05, 3.63) is 42.5 Å². The van der Waals surface area contributed by atoms with Crippen LogP contribution < -0.4 is 9.64 Å². The van der Waals surface area contributed by atoms with Crippen molar-refractivity contribution in [2.75, 3.05) is 44.2 Å². The van der Waals surface area contributed by atoms with Crippen molar-refractivity contribution in [2.45, 2.75) is 6.92 Å². The van der Waals surface area contributed by atoms with E-state index in [1.807, 2.05) is 31.2 Å². The van der Waals surface area contributed by atoms with Crippen molar-refractivity contribution in [1.82, 2.24) is 30.0 Å². The molecule has 3 aromatic heterocycles. The Bertz CT molecular complexity index is 858. The maximum Gasteiger partial charge on any atom is 0.233 e. The standard InChI is InChI=1S/C18H21N7O/c1-14-4-5-16(23-22-14)26-12-11-24-7-9-25(10-8-24)18-15-3-2-6-19-17(15)20-13-21-18/h2-6,13H,7-12H2,1H3. The Hall–Kier alpha value is -2.87. The monoisotopic (exact) mass is 351 g/mol. The summed E-state index contributed by atoms with van der Waals surface area (Å²) in [5.74, 6) is 1.54. The van der Waals surface area contributed by atoms with E-state index < -0.39 is 0 Å². The van der Waals surface area contributed by atoms with E-state index in [-0.39, 0.29) is 0 Å². The zero-order chi connectivity index (χ0) is 17.8. The van der Waals surface area contributed by atoms with Crippen LogP contribution >= 0.6 is 0 Å². The van der Waals surface area contributed by atoms with Gasteiger partial charge in [0.2, 0.25) is 5.88 Å². The third kappa shape index (κ3) is 3.70. The fraction of sp³-hybridized carbons (Fsp3) is 0.389. The molecule has 3 aromatic rings. The SMILES string of the molecule is Cc1ccc(OCCN2CCN(c3ncnc4ncccc34)CC2)nn1. The first-order valence-corrected chi connectivity index (χ1v) is 8.76. The molecular weight excluding hydrogens is 330 g/mol. The van der Waals surface area contributed by atoms with Gasteiger partial charge in [-0.1, -0.05) is 0 Å². The summed E-state index contributed by atoms with van der Waals surface area (Å²) < 4.78 is 5.68. The molecule has 0 aromatic carbocycles. The average Bonchev–Trinajstić information content (AvgIpc) is 2.70. The van der Waals surface area contributed by atoms with E-state index in [0.717, 1.165) is 55.3 Å². The van der Waals surface area contributed by atoms with E-state index in [0.29, 0.717) is 12.5 Å². The first kappa shape index (κ1) is 16.6. The van der Waals surface area contributed by atoms with Crippen molar-refractivity contribution >= 4 is 16.9 Å². The molecule has 1 aliphatic heterocycles. The van der Waals surface area contributed by atoms with Crippen LogP contribution in [0.1, 0.15) is 5.69 Å². The number of pyridine rings is 1. The highest BCUT2D eigenvalue weighted by atomic mass is 16.5. The minimum Gasteiger partial charge on any atom is -0.475 e. The lowest BCUT2D eigenvalue weighted by Gasteiger charge is -2.35. The molecule has 1 aliphatic rings. The number of hydrogen-bond donors (Lipinski definition) is 0. The highest BCUT2D eigenvalue weighted by Gasteiger charge is 2.20. The molecule has 0 atom stereocenters. The van der Waals surface area contributed by atoms with Gasteiger partial charge < -0.3 is 9.64 Å². The number of piperazine rings is 1. The largest absolute Gasteiger partial charge is 0.475 e. The summed E-state index contributed by atoms with van der Waals surface area (Å²) in [5.41, 5.74) is 1.63. The summed E-state index contributed by atoms with van der Waals surface area (Å²) in [6, 6.07) is 7.72. The van der Waals surface area contributed by atoms with E-state index in [4.69, 9.17) is 4.74 Å². The van der Waals surface area contributed by atoms with Crippen molar-refractivity contribution in [2.24, 2.45) is 0 Å². The lowest BCUT2D eigenvalue weighted by Crippen LogP contribution is -2.47. The van der Waals surface area contributed by atoms with E-state index in [1.165, 1.54) is 0 Å². The maximum atomic E-state index is 5.68. The highest BCUT2D eigenvalue weighted by Crippen LogP contribution is 2.22. The zero-order valence-corrected chi connectivity index (χ0v) is 14.7. The molecule has 0 aliphatic carbocycles. The number of anilines is 1. The van der Waals surface area contributed by atoms with Crippen LogP contribution in [0.3, 0.4) is 0 Å². The minimum atomic E-state index is 0.578. The molecule has 134 valence electrons. The van der Waals surface area contributed by atoms with Gasteiger partial charge in [-0.15, -0.1) is 5.10 Å². The Morgan fingerprint density at radius 2 is 1.88 bits per heavy atom. The molecule has 8 heteroatoms. The van der Waals surface area contributed by atoms with Gasteiger partial charge in [0.05, 0.1) is 11.1 Å². The predicted octanol–water partition coefficient (Wildman–Crippen LogP) is 1.32. The number of fused-ring (bicyclic) bond motifs is 1. The molecule has 26 heavy (non-hydrogen) atoms. The summed E-state index contributed by atoms with van der Waals surface area (Å²) in [6.45, 7) is 7.17. The molecule has 0 saturated carbocycles. The van der Waals surface area contributed by atoms with Gasteiger partial charge in [0.15, 0.2) is 5.65 Å². The number of nitrogens with zero attached hydrogens (tertiary/aromatic N) is 7. The van der Waals surface area contributed by atoms with E-state index in [9.17, 15) is 0 Å². The van der Waals surface area contributed by atoms with Gasteiger partial charge in [-0.05, 0) is 25.1 Å². The van der Waals surface area contributed by atoms with Gasteiger partial charge in [0, 0.05) is 45.0 Å². The van der Waals surface area contributed by atoms with Gasteiger partial charge in [0.25, 0.3) is 0 Å². The van der Waals surface area contributed by atoms with Gasteiger partial charge in [-0.3, -0.25) is 4.90 Å². The summed E-state index contributed by atoms with van der Waals surface area (Å²) in [5, 5.41) is 9.03. The van der Waals surface area contributed by atoms with Crippen LogP contribution in [0.15, 0.2) is 36.8 Å². The van der Waals surface area contributed by atoms with Crippen molar-refractivity contribution in [1.29, 1.82) is 0 Å². The minimum absolute atomic E-state index is 0.578. The second-order valence-electron chi connectivity index (χ2n) is 6.26. The van der Waals surface area contributed by atoms with Gasteiger partial charge in [0.1, 0.15) is 18.8 Å². The van der Waals surface area contributed by atoms with Crippen LogP contribution in [-0.4, -0.2) is 69.4 Å². The van der Waals surface area contributed by atoms with Crippen LogP contribution in [0.25, 0.3) is 11.0 Å². The number of rotatable bonds is 5.